The second-order valence-electron chi connectivity index (χ2n) is 3.46. The van der Waals surface area contributed by atoms with Crippen LogP contribution in [0, 0.1) is 5.92 Å². The van der Waals surface area contributed by atoms with Gasteiger partial charge in [0, 0.05) is 18.6 Å². The number of nitrogens with two attached hydrogens (primary N) is 1. The number of hydrogen-bond donors (Lipinski definition) is 3. The molecule has 0 aromatic rings. The minimum absolute atomic E-state index is 0. The first-order valence-electron chi connectivity index (χ1n) is 4.10. The summed E-state index contributed by atoms with van der Waals surface area (Å²) < 4.78 is 0. The van der Waals surface area contributed by atoms with Crippen LogP contribution in [-0.2, 0) is 0 Å². The molecular formula is C7H16ClN3. The number of fused-ring (bicyclic) bond motifs is 1. The normalized spacial score (nSPS) is 42.8. The molecule has 2 fully saturated rings. The second kappa shape index (κ2) is 3.72. The highest BCUT2D eigenvalue weighted by atomic mass is 35.5. The lowest BCUT2D eigenvalue weighted by Gasteiger charge is -2.27. The zero-order valence-electron chi connectivity index (χ0n) is 6.55. The molecule has 0 bridgehead atoms. The van der Waals surface area contributed by atoms with Crippen molar-refractivity contribution in [3.8, 4) is 0 Å². The first kappa shape index (κ1) is 9.26. The van der Waals surface area contributed by atoms with Crippen molar-refractivity contribution in [2.45, 2.75) is 31.3 Å². The van der Waals surface area contributed by atoms with E-state index in [2.05, 4.69) is 10.9 Å². The van der Waals surface area contributed by atoms with E-state index in [0.717, 1.165) is 12.5 Å². The van der Waals surface area contributed by atoms with Crippen molar-refractivity contribution < 1.29 is 0 Å². The number of hydrazine groups is 1. The number of rotatable bonds is 0. The van der Waals surface area contributed by atoms with E-state index in [1.165, 1.54) is 19.3 Å². The van der Waals surface area contributed by atoms with E-state index in [9.17, 15) is 0 Å². The topological polar surface area (TPSA) is 50.1 Å². The van der Waals surface area contributed by atoms with Crippen LogP contribution in [0.2, 0.25) is 0 Å². The third-order valence-electron chi connectivity index (χ3n) is 2.67. The third kappa shape index (κ3) is 1.85. The van der Waals surface area contributed by atoms with E-state index >= 15 is 0 Å². The van der Waals surface area contributed by atoms with Crippen LogP contribution in [0.3, 0.4) is 0 Å². The molecule has 0 amide bonds. The van der Waals surface area contributed by atoms with Crippen molar-refractivity contribution in [3.05, 3.63) is 0 Å². The molecule has 2 aliphatic rings. The standard InChI is InChI=1S/C7H15N3.ClH/c8-6-1-2-7-5(3-6)4-9-10-7;/h5-7,9-10H,1-4,8H2;1H. The van der Waals surface area contributed by atoms with Crippen LogP contribution < -0.4 is 16.6 Å². The van der Waals surface area contributed by atoms with Gasteiger partial charge in [-0.05, 0) is 25.2 Å². The lowest BCUT2D eigenvalue weighted by molar-refractivity contribution is 0.303. The Kier molecular flexibility index (Phi) is 3.13. The van der Waals surface area contributed by atoms with Gasteiger partial charge in [0.1, 0.15) is 0 Å². The Morgan fingerprint density at radius 1 is 1.27 bits per heavy atom. The van der Waals surface area contributed by atoms with E-state index in [1.54, 1.807) is 0 Å². The highest BCUT2D eigenvalue weighted by molar-refractivity contribution is 5.85. The summed E-state index contributed by atoms with van der Waals surface area (Å²) in [5.74, 6) is 0.795. The van der Waals surface area contributed by atoms with Crippen molar-refractivity contribution in [1.82, 2.24) is 10.9 Å². The van der Waals surface area contributed by atoms with Crippen molar-refractivity contribution >= 4 is 12.4 Å². The van der Waals surface area contributed by atoms with E-state index < -0.39 is 0 Å². The Morgan fingerprint density at radius 3 is 2.91 bits per heavy atom. The van der Waals surface area contributed by atoms with Gasteiger partial charge in [-0.3, -0.25) is 10.9 Å². The van der Waals surface area contributed by atoms with Crippen LogP contribution in [0.1, 0.15) is 19.3 Å². The molecule has 1 aliphatic heterocycles. The Hall–Kier alpha value is 0.170. The average molecular weight is 178 g/mol. The summed E-state index contributed by atoms with van der Waals surface area (Å²) in [5.41, 5.74) is 12.3. The van der Waals surface area contributed by atoms with Gasteiger partial charge in [-0.25, -0.2) is 0 Å². The Morgan fingerprint density at radius 2 is 2.09 bits per heavy atom. The molecule has 2 rings (SSSR count). The summed E-state index contributed by atoms with van der Waals surface area (Å²) >= 11 is 0. The van der Waals surface area contributed by atoms with Gasteiger partial charge in [0.2, 0.25) is 0 Å². The monoisotopic (exact) mass is 177 g/mol. The molecule has 0 spiro atoms. The summed E-state index contributed by atoms with van der Waals surface area (Å²) in [5, 5.41) is 0. The predicted octanol–water partition coefficient (Wildman–Crippen LogP) is 0.0120. The summed E-state index contributed by atoms with van der Waals surface area (Å²) in [6, 6.07) is 1.17. The van der Waals surface area contributed by atoms with Gasteiger partial charge in [-0.15, -0.1) is 12.4 Å². The zero-order chi connectivity index (χ0) is 6.97. The van der Waals surface area contributed by atoms with Crippen LogP contribution in [-0.4, -0.2) is 18.6 Å². The Bertz CT molecular complexity index is 131. The smallest absolute Gasteiger partial charge is 0.0254 e. The fraction of sp³-hybridized carbons (Fsp3) is 1.00. The Labute approximate surface area is 73.5 Å². The number of hydrogen-bond acceptors (Lipinski definition) is 3. The summed E-state index contributed by atoms with van der Waals surface area (Å²) in [7, 11) is 0. The largest absolute Gasteiger partial charge is 0.328 e. The molecule has 3 unspecified atom stereocenters. The second-order valence-corrected chi connectivity index (χ2v) is 3.46. The first-order chi connectivity index (χ1) is 4.86. The molecule has 3 atom stereocenters. The van der Waals surface area contributed by atoms with E-state index in [0.29, 0.717) is 12.1 Å². The lowest BCUT2D eigenvalue weighted by atomic mass is 9.83. The van der Waals surface area contributed by atoms with Crippen LogP contribution in [0.15, 0.2) is 0 Å². The summed E-state index contributed by atoms with van der Waals surface area (Å²) in [4.78, 5) is 0. The maximum absolute atomic E-state index is 5.84. The molecule has 1 heterocycles. The van der Waals surface area contributed by atoms with Crippen LogP contribution in [0.25, 0.3) is 0 Å². The molecule has 1 saturated heterocycles. The van der Waals surface area contributed by atoms with Crippen LogP contribution in [0.4, 0.5) is 0 Å². The van der Waals surface area contributed by atoms with Crippen molar-refractivity contribution in [3.63, 3.8) is 0 Å². The van der Waals surface area contributed by atoms with Crippen LogP contribution in [0.5, 0.6) is 0 Å². The van der Waals surface area contributed by atoms with Gasteiger partial charge < -0.3 is 5.73 Å². The molecule has 0 radical (unpaired) electrons. The molecule has 1 aliphatic carbocycles. The van der Waals surface area contributed by atoms with Crippen molar-refractivity contribution in [2.75, 3.05) is 6.54 Å². The molecule has 0 aromatic carbocycles. The highest BCUT2D eigenvalue weighted by Crippen LogP contribution is 2.25. The minimum Gasteiger partial charge on any atom is -0.328 e. The quantitative estimate of drug-likeness (QED) is 0.489. The predicted molar refractivity (Wildman–Crippen MR) is 47.5 cm³/mol. The average Bonchev–Trinajstić information content (AvgIpc) is 2.33. The molecule has 1 saturated carbocycles. The van der Waals surface area contributed by atoms with Crippen molar-refractivity contribution in [1.29, 1.82) is 0 Å². The fourth-order valence-electron chi connectivity index (χ4n) is 2.04. The van der Waals surface area contributed by atoms with Gasteiger partial charge in [-0.1, -0.05) is 0 Å². The fourth-order valence-corrected chi connectivity index (χ4v) is 2.04. The van der Waals surface area contributed by atoms with Crippen LogP contribution >= 0.6 is 12.4 Å². The minimum atomic E-state index is 0. The highest BCUT2D eigenvalue weighted by Gasteiger charge is 2.31. The van der Waals surface area contributed by atoms with E-state index in [-0.39, 0.29) is 12.4 Å². The van der Waals surface area contributed by atoms with Gasteiger partial charge in [0.05, 0.1) is 0 Å². The molecule has 4 N–H and O–H groups in total. The molecule has 66 valence electrons. The SMILES string of the molecule is Cl.NC1CCC2NNCC2C1. The maximum atomic E-state index is 5.84. The lowest BCUT2D eigenvalue weighted by Crippen LogP contribution is -2.39. The van der Waals surface area contributed by atoms with Gasteiger partial charge in [-0.2, -0.15) is 0 Å². The van der Waals surface area contributed by atoms with Gasteiger partial charge in [0.25, 0.3) is 0 Å². The summed E-state index contributed by atoms with van der Waals surface area (Å²) in [6.45, 7) is 1.11. The van der Waals surface area contributed by atoms with Gasteiger partial charge >= 0.3 is 0 Å². The first-order valence-corrected chi connectivity index (χ1v) is 4.10. The van der Waals surface area contributed by atoms with Gasteiger partial charge in [0.15, 0.2) is 0 Å². The maximum Gasteiger partial charge on any atom is 0.0254 e. The molecule has 4 heteroatoms. The van der Waals surface area contributed by atoms with E-state index in [4.69, 9.17) is 5.73 Å². The molecule has 0 aromatic heterocycles. The van der Waals surface area contributed by atoms with Crippen molar-refractivity contribution in [2.24, 2.45) is 11.7 Å². The third-order valence-corrected chi connectivity index (χ3v) is 2.67. The molecule has 11 heavy (non-hydrogen) atoms. The number of nitrogens with one attached hydrogen (secondary N) is 2. The Balaban J connectivity index is 0.000000605. The summed E-state index contributed by atoms with van der Waals surface area (Å²) in [6.07, 6.45) is 3.64. The number of halogens is 1. The zero-order valence-corrected chi connectivity index (χ0v) is 7.36. The molecular weight excluding hydrogens is 162 g/mol. The van der Waals surface area contributed by atoms with E-state index in [1.807, 2.05) is 0 Å². The molecule has 3 nitrogen and oxygen atoms in total.